The van der Waals surface area contributed by atoms with Crippen molar-refractivity contribution in [1.29, 1.82) is 0 Å². The molecule has 0 unspecified atom stereocenters. The third kappa shape index (κ3) is 3.73. The van der Waals surface area contributed by atoms with Gasteiger partial charge in [0.1, 0.15) is 5.60 Å². The van der Waals surface area contributed by atoms with Gasteiger partial charge in [-0.3, -0.25) is 0 Å². The number of likely N-dealkylation sites (tertiary alicyclic amines) is 1. The van der Waals surface area contributed by atoms with Gasteiger partial charge in [-0.05, 0) is 38.3 Å². The maximum Gasteiger partial charge on any atom is 0.410 e. The Balaban J connectivity index is 1.96. The number of nitrogens with zero attached hydrogens (tertiary/aromatic N) is 1. The van der Waals surface area contributed by atoms with Crippen LogP contribution in [0.25, 0.3) is 0 Å². The van der Waals surface area contributed by atoms with E-state index in [1.807, 2.05) is 20.8 Å². The molecule has 4 heteroatoms. The van der Waals surface area contributed by atoms with Crippen molar-refractivity contribution in [2.45, 2.75) is 45.3 Å². The lowest BCUT2D eigenvalue weighted by molar-refractivity contribution is 0.0292. The highest BCUT2D eigenvalue weighted by Crippen LogP contribution is 2.28. The van der Waals surface area contributed by atoms with Crippen LogP contribution in [0.3, 0.4) is 0 Å². The van der Waals surface area contributed by atoms with Crippen LogP contribution in [-0.4, -0.2) is 29.7 Å². The molecule has 1 fully saturated rings. The van der Waals surface area contributed by atoms with Crippen molar-refractivity contribution < 1.29 is 9.53 Å². The van der Waals surface area contributed by atoms with E-state index < -0.39 is 5.60 Å². The fourth-order valence-corrected chi connectivity index (χ4v) is 2.45. The number of ether oxygens (including phenoxy) is 1. The van der Waals surface area contributed by atoms with E-state index in [0.29, 0.717) is 12.5 Å². The Labute approximate surface area is 120 Å². The van der Waals surface area contributed by atoms with Gasteiger partial charge in [0.2, 0.25) is 0 Å². The molecular formula is C16H24N2O2. The summed E-state index contributed by atoms with van der Waals surface area (Å²) in [5.41, 5.74) is 7.58. The summed E-state index contributed by atoms with van der Waals surface area (Å²) in [4.78, 5) is 13.8. The molecule has 1 aromatic rings. The van der Waals surface area contributed by atoms with Gasteiger partial charge in [-0.15, -0.1) is 0 Å². The summed E-state index contributed by atoms with van der Waals surface area (Å²) >= 11 is 0. The smallest absolute Gasteiger partial charge is 0.410 e. The molecule has 0 spiro atoms. The van der Waals surface area contributed by atoms with Crippen LogP contribution in [0, 0.1) is 0 Å². The van der Waals surface area contributed by atoms with E-state index in [0.717, 1.165) is 25.1 Å². The van der Waals surface area contributed by atoms with Crippen LogP contribution in [0.4, 0.5) is 4.79 Å². The number of hydrogen-bond donors (Lipinski definition) is 1. The second-order valence-corrected chi connectivity index (χ2v) is 6.36. The first-order valence-electron chi connectivity index (χ1n) is 7.16. The maximum atomic E-state index is 12.0. The summed E-state index contributed by atoms with van der Waals surface area (Å²) in [7, 11) is 0. The standard InChI is InChI=1S/C16H24N2O2/c1-16(2,3)20-15(19)18-9-8-14(11-18)13-6-4-12(10-17)5-7-13/h4-7,14H,8-11,17H2,1-3H3/t14-/m1/s1. The van der Waals surface area contributed by atoms with Crippen LogP contribution in [-0.2, 0) is 11.3 Å². The zero-order valence-electron chi connectivity index (χ0n) is 12.6. The molecule has 2 N–H and O–H groups in total. The van der Waals surface area contributed by atoms with Gasteiger partial charge in [0.05, 0.1) is 0 Å². The monoisotopic (exact) mass is 276 g/mol. The first kappa shape index (κ1) is 14.9. The van der Waals surface area contributed by atoms with Crippen molar-refractivity contribution in [3.05, 3.63) is 35.4 Å². The molecular weight excluding hydrogens is 252 g/mol. The molecule has 4 nitrogen and oxygen atoms in total. The molecule has 1 atom stereocenters. The highest BCUT2D eigenvalue weighted by molar-refractivity contribution is 5.68. The topological polar surface area (TPSA) is 55.6 Å². The fourth-order valence-electron chi connectivity index (χ4n) is 2.45. The predicted molar refractivity (Wildman–Crippen MR) is 79.5 cm³/mol. The molecule has 110 valence electrons. The van der Waals surface area contributed by atoms with Crippen molar-refractivity contribution in [3.8, 4) is 0 Å². The van der Waals surface area contributed by atoms with Crippen molar-refractivity contribution in [2.24, 2.45) is 5.73 Å². The first-order valence-corrected chi connectivity index (χ1v) is 7.16. The molecule has 1 heterocycles. The lowest BCUT2D eigenvalue weighted by Crippen LogP contribution is -2.35. The zero-order valence-corrected chi connectivity index (χ0v) is 12.6. The lowest BCUT2D eigenvalue weighted by Gasteiger charge is -2.24. The Bertz CT molecular complexity index is 462. The molecule has 1 aliphatic rings. The average molecular weight is 276 g/mol. The molecule has 2 rings (SSSR count). The Morgan fingerprint density at radius 3 is 2.55 bits per heavy atom. The van der Waals surface area contributed by atoms with E-state index in [1.165, 1.54) is 5.56 Å². The second kappa shape index (κ2) is 5.83. The quantitative estimate of drug-likeness (QED) is 0.903. The third-order valence-electron chi connectivity index (χ3n) is 3.53. The molecule has 0 saturated carbocycles. The highest BCUT2D eigenvalue weighted by atomic mass is 16.6. The molecule has 1 saturated heterocycles. The van der Waals surface area contributed by atoms with Crippen LogP contribution in [0.1, 0.15) is 44.2 Å². The highest BCUT2D eigenvalue weighted by Gasteiger charge is 2.30. The SMILES string of the molecule is CC(C)(C)OC(=O)N1CC[C@@H](c2ccc(CN)cc2)C1. The number of rotatable bonds is 2. The average Bonchev–Trinajstić information content (AvgIpc) is 2.86. The summed E-state index contributed by atoms with van der Waals surface area (Å²) in [6, 6.07) is 8.36. The zero-order chi connectivity index (χ0) is 14.8. The minimum absolute atomic E-state index is 0.210. The van der Waals surface area contributed by atoms with Gasteiger partial charge in [0.25, 0.3) is 0 Å². The van der Waals surface area contributed by atoms with Gasteiger partial charge >= 0.3 is 6.09 Å². The minimum Gasteiger partial charge on any atom is -0.444 e. The molecule has 0 aromatic heterocycles. The first-order chi connectivity index (χ1) is 9.39. The van der Waals surface area contributed by atoms with Crippen LogP contribution in [0.2, 0.25) is 0 Å². The number of nitrogens with two attached hydrogens (primary N) is 1. The van der Waals surface area contributed by atoms with E-state index >= 15 is 0 Å². The van der Waals surface area contributed by atoms with Crippen LogP contribution in [0.5, 0.6) is 0 Å². The largest absolute Gasteiger partial charge is 0.444 e. The summed E-state index contributed by atoms with van der Waals surface area (Å²) < 4.78 is 5.41. The Morgan fingerprint density at radius 1 is 1.35 bits per heavy atom. The molecule has 0 radical (unpaired) electrons. The normalized spacial score (nSPS) is 19.2. The molecule has 1 aromatic carbocycles. The molecule has 0 aliphatic carbocycles. The number of benzene rings is 1. The van der Waals surface area contributed by atoms with Crippen LogP contribution >= 0.6 is 0 Å². The Kier molecular flexibility index (Phi) is 4.33. The lowest BCUT2D eigenvalue weighted by atomic mass is 9.97. The van der Waals surface area contributed by atoms with E-state index in [2.05, 4.69) is 24.3 Å². The van der Waals surface area contributed by atoms with Crippen LogP contribution < -0.4 is 5.73 Å². The van der Waals surface area contributed by atoms with E-state index in [1.54, 1.807) is 4.90 Å². The summed E-state index contributed by atoms with van der Waals surface area (Å²) in [6.45, 7) is 7.74. The van der Waals surface area contributed by atoms with E-state index in [4.69, 9.17) is 10.5 Å². The second-order valence-electron chi connectivity index (χ2n) is 6.36. The molecule has 1 aliphatic heterocycles. The van der Waals surface area contributed by atoms with Gasteiger partial charge in [0.15, 0.2) is 0 Å². The summed E-state index contributed by atoms with van der Waals surface area (Å²) in [5.74, 6) is 0.398. The third-order valence-corrected chi connectivity index (χ3v) is 3.53. The summed E-state index contributed by atoms with van der Waals surface area (Å²) in [5, 5.41) is 0. The summed E-state index contributed by atoms with van der Waals surface area (Å²) in [6.07, 6.45) is 0.778. The van der Waals surface area contributed by atoms with Gasteiger partial charge < -0.3 is 15.4 Å². The number of hydrogen-bond acceptors (Lipinski definition) is 3. The predicted octanol–water partition coefficient (Wildman–Crippen LogP) is 2.87. The molecule has 1 amide bonds. The van der Waals surface area contributed by atoms with Gasteiger partial charge in [-0.2, -0.15) is 0 Å². The molecule has 20 heavy (non-hydrogen) atoms. The van der Waals surface area contributed by atoms with E-state index in [9.17, 15) is 4.79 Å². The van der Waals surface area contributed by atoms with Gasteiger partial charge in [0, 0.05) is 25.6 Å². The van der Waals surface area contributed by atoms with Gasteiger partial charge in [-0.25, -0.2) is 4.79 Å². The number of carbonyl (C=O) groups is 1. The minimum atomic E-state index is -0.433. The maximum absolute atomic E-state index is 12.0. The van der Waals surface area contributed by atoms with Crippen molar-refractivity contribution >= 4 is 6.09 Å². The Hall–Kier alpha value is -1.55. The van der Waals surface area contributed by atoms with Crippen molar-refractivity contribution in [2.75, 3.05) is 13.1 Å². The van der Waals surface area contributed by atoms with Crippen molar-refractivity contribution in [3.63, 3.8) is 0 Å². The molecule has 0 bridgehead atoms. The number of carbonyl (C=O) groups excluding carboxylic acids is 1. The van der Waals surface area contributed by atoms with Gasteiger partial charge in [-0.1, -0.05) is 24.3 Å². The van der Waals surface area contributed by atoms with Crippen LogP contribution in [0.15, 0.2) is 24.3 Å². The van der Waals surface area contributed by atoms with Crippen molar-refractivity contribution in [1.82, 2.24) is 4.90 Å². The fraction of sp³-hybridized carbons (Fsp3) is 0.562. The Morgan fingerprint density at radius 2 is 2.00 bits per heavy atom. The van der Waals surface area contributed by atoms with E-state index in [-0.39, 0.29) is 6.09 Å². The number of amides is 1.